The zero-order valence-electron chi connectivity index (χ0n) is 15.3. The van der Waals surface area contributed by atoms with Crippen molar-refractivity contribution in [3.05, 3.63) is 58.6 Å². The molecule has 0 aliphatic rings. The van der Waals surface area contributed by atoms with Gasteiger partial charge in [0, 0.05) is 19.9 Å². The molecule has 3 aromatic rings. The standard InChI is InChI=1S/C19H22N4O4/c1-26-11-10-22-18-16(4-3-9-20-18)23(19(22)25)13-17(24)21-12-14-5-7-15(27-2)8-6-14/h3-9H,10-13H2,1-2H3,(H,21,24). The van der Waals surface area contributed by atoms with E-state index in [2.05, 4.69) is 10.3 Å². The Morgan fingerprint density at radius 1 is 1.15 bits per heavy atom. The van der Waals surface area contributed by atoms with Crippen LogP contribution in [-0.4, -0.2) is 40.9 Å². The van der Waals surface area contributed by atoms with Crippen molar-refractivity contribution in [2.75, 3.05) is 20.8 Å². The zero-order valence-corrected chi connectivity index (χ0v) is 15.3. The van der Waals surface area contributed by atoms with E-state index >= 15 is 0 Å². The van der Waals surface area contributed by atoms with Crippen molar-refractivity contribution in [2.24, 2.45) is 0 Å². The molecule has 0 saturated carbocycles. The first-order valence-corrected chi connectivity index (χ1v) is 8.56. The Balaban J connectivity index is 1.74. The van der Waals surface area contributed by atoms with Crippen molar-refractivity contribution in [3.8, 4) is 5.75 Å². The maximum absolute atomic E-state index is 12.7. The van der Waals surface area contributed by atoms with Crippen LogP contribution in [0, 0.1) is 0 Å². The summed E-state index contributed by atoms with van der Waals surface area (Å²) < 4.78 is 13.1. The highest BCUT2D eigenvalue weighted by molar-refractivity contribution is 5.79. The van der Waals surface area contributed by atoms with Gasteiger partial charge in [0.15, 0.2) is 5.65 Å². The number of rotatable bonds is 8. The molecule has 0 aliphatic heterocycles. The van der Waals surface area contributed by atoms with Crippen LogP contribution in [0.3, 0.4) is 0 Å². The fraction of sp³-hybridized carbons (Fsp3) is 0.316. The molecule has 142 valence electrons. The molecule has 1 aromatic carbocycles. The molecule has 2 heterocycles. The lowest BCUT2D eigenvalue weighted by Gasteiger charge is -2.07. The van der Waals surface area contributed by atoms with E-state index in [1.165, 1.54) is 9.13 Å². The SMILES string of the molecule is COCCn1c(=O)n(CC(=O)NCc2ccc(OC)cc2)c2cccnc21. The number of hydrogen-bond acceptors (Lipinski definition) is 5. The van der Waals surface area contributed by atoms with E-state index in [4.69, 9.17) is 9.47 Å². The fourth-order valence-corrected chi connectivity index (χ4v) is 2.83. The molecule has 1 amide bonds. The average Bonchev–Trinajstić information content (AvgIpc) is 2.96. The number of benzene rings is 1. The Bertz CT molecular complexity index is 976. The molecule has 8 nitrogen and oxygen atoms in total. The quantitative estimate of drug-likeness (QED) is 0.643. The van der Waals surface area contributed by atoms with Crippen LogP contribution < -0.4 is 15.7 Å². The molecule has 27 heavy (non-hydrogen) atoms. The van der Waals surface area contributed by atoms with Gasteiger partial charge in [-0.05, 0) is 29.8 Å². The number of methoxy groups -OCH3 is 2. The molecule has 0 radical (unpaired) electrons. The second kappa shape index (κ2) is 8.50. The van der Waals surface area contributed by atoms with E-state index in [1.54, 1.807) is 32.5 Å². The van der Waals surface area contributed by atoms with Crippen molar-refractivity contribution in [3.63, 3.8) is 0 Å². The van der Waals surface area contributed by atoms with E-state index in [0.29, 0.717) is 30.9 Å². The number of ether oxygens (including phenoxy) is 2. The molecule has 0 atom stereocenters. The smallest absolute Gasteiger partial charge is 0.330 e. The van der Waals surface area contributed by atoms with Crippen LogP contribution in [0.15, 0.2) is 47.4 Å². The van der Waals surface area contributed by atoms with E-state index in [0.717, 1.165) is 11.3 Å². The largest absolute Gasteiger partial charge is 0.497 e. The predicted molar refractivity (Wildman–Crippen MR) is 101 cm³/mol. The van der Waals surface area contributed by atoms with Gasteiger partial charge in [-0.3, -0.25) is 13.9 Å². The van der Waals surface area contributed by atoms with Crippen molar-refractivity contribution in [1.29, 1.82) is 0 Å². The lowest BCUT2D eigenvalue weighted by Crippen LogP contribution is -2.33. The Morgan fingerprint density at radius 2 is 1.93 bits per heavy atom. The number of carbonyl (C=O) groups excluding carboxylic acids is 1. The summed E-state index contributed by atoms with van der Waals surface area (Å²) in [6.45, 7) is 1.07. The Labute approximate surface area is 156 Å². The Kier molecular flexibility index (Phi) is 5.87. The van der Waals surface area contributed by atoms with E-state index in [-0.39, 0.29) is 18.1 Å². The van der Waals surface area contributed by atoms with Crippen LogP contribution >= 0.6 is 0 Å². The van der Waals surface area contributed by atoms with Crippen molar-refractivity contribution >= 4 is 17.1 Å². The summed E-state index contributed by atoms with van der Waals surface area (Å²) in [6.07, 6.45) is 1.62. The third-order valence-electron chi connectivity index (χ3n) is 4.24. The first-order valence-electron chi connectivity index (χ1n) is 8.56. The fourth-order valence-electron chi connectivity index (χ4n) is 2.83. The molecule has 8 heteroatoms. The second-order valence-corrected chi connectivity index (χ2v) is 5.98. The van der Waals surface area contributed by atoms with Gasteiger partial charge >= 0.3 is 5.69 Å². The summed E-state index contributed by atoms with van der Waals surface area (Å²) in [5.41, 5.74) is 1.83. The Hall–Kier alpha value is -3.13. The van der Waals surface area contributed by atoms with Crippen LogP contribution in [0.2, 0.25) is 0 Å². The molecule has 2 aromatic heterocycles. The topological polar surface area (TPSA) is 87.4 Å². The van der Waals surface area contributed by atoms with Crippen LogP contribution in [0.5, 0.6) is 5.75 Å². The minimum absolute atomic E-state index is 0.0723. The highest BCUT2D eigenvalue weighted by atomic mass is 16.5. The number of amides is 1. The number of aromatic nitrogens is 3. The minimum Gasteiger partial charge on any atom is -0.497 e. The van der Waals surface area contributed by atoms with Crippen molar-refractivity contribution in [1.82, 2.24) is 19.4 Å². The van der Waals surface area contributed by atoms with Crippen molar-refractivity contribution in [2.45, 2.75) is 19.6 Å². The lowest BCUT2D eigenvalue weighted by atomic mass is 10.2. The molecular formula is C19H22N4O4. The molecule has 0 aliphatic carbocycles. The van der Waals surface area contributed by atoms with E-state index in [9.17, 15) is 9.59 Å². The number of fused-ring (bicyclic) bond motifs is 1. The molecule has 0 saturated heterocycles. The van der Waals surface area contributed by atoms with Gasteiger partial charge in [-0.2, -0.15) is 0 Å². The number of hydrogen-bond donors (Lipinski definition) is 1. The van der Waals surface area contributed by atoms with Crippen LogP contribution in [0.4, 0.5) is 0 Å². The van der Waals surface area contributed by atoms with Crippen LogP contribution in [0.25, 0.3) is 11.2 Å². The molecule has 0 spiro atoms. The third kappa shape index (κ3) is 4.17. The van der Waals surface area contributed by atoms with E-state index < -0.39 is 0 Å². The maximum Gasteiger partial charge on any atom is 0.330 e. The predicted octanol–water partition coefficient (Wildman–Crippen LogP) is 1.17. The minimum atomic E-state index is -0.277. The van der Waals surface area contributed by atoms with Crippen molar-refractivity contribution < 1.29 is 14.3 Å². The molecule has 0 bridgehead atoms. The molecule has 0 fully saturated rings. The first kappa shape index (κ1) is 18.7. The summed E-state index contributed by atoms with van der Waals surface area (Å²) in [6, 6.07) is 11.0. The van der Waals surface area contributed by atoms with Gasteiger partial charge < -0.3 is 14.8 Å². The normalized spacial score (nSPS) is 10.9. The second-order valence-electron chi connectivity index (χ2n) is 5.98. The van der Waals surface area contributed by atoms with Crippen LogP contribution in [0.1, 0.15) is 5.56 Å². The highest BCUT2D eigenvalue weighted by Crippen LogP contribution is 2.12. The maximum atomic E-state index is 12.7. The van der Waals surface area contributed by atoms with Gasteiger partial charge in [0.25, 0.3) is 0 Å². The number of imidazole rings is 1. The molecule has 1 N–H and O–H groups in total. The van der Waals surface area contributed by atoms with Gasteiger partial charge in [0.2, 0.25) is 5.91 Å². The summed E-state index contributed by atoms with van der Waals surface area (Å²) in [7, 11) is 3.18. The first-order chi connectivity index (χ1) is 13.1. The molecular weight excluding hydrogens is 348 g/mol. The average molecular weight is 370 g/mol. The van der Waals surface area contributed by atoms with E-state index in [1.807, 2.05) is 24.3 Å². The highest BCUT2D eigenvalue weighted by Gasteiger charge is 2.16. The summed E-state index contributed by atoms with van der Waals surface area (Å²) in [4.78, 5) is 29.4. The monoisotopic (exact) mass is 370 g/mol. The number of pyridine rings is 1. The van der Waals surface area contributed by atoms with Gasteiger partial charge in [-0.25, -0.2) is 9.78 Å². The molecule has 3 rings (SSSR count). The summed E-state index contributed by atoms with van der Waals surface area (Å²) in [5, 5.41) is 2.84. The number of nitrogens with zero attached hydrogens (tertiary/aromatic N) is 3. The van der Waals surface area contributed by atoms with Gasteiger partial charge in [-0.15, -0.1) is 0 Å². The zero-order chi connectivity index (χ0) is 19.2. The van der Waals surface area contributed by atoms with Crippen LogP contribution in [-0.2, 0) is 29.2 Å². The lowest BCUT2D eigenvalue weighted by molar-refractivity contribution is -0.121. The summed E-state index contributed by atoms with van der Waals surface area (Å²) >= 11 is 0. The molecule has 0 unspecified atom stereocenters. The summed E-state index contributed by atoms with van der Waals surface area (Å²) in [5.74, 6) is 0.510. The number of nitrogens with one attached hydrogen (secondary N) is 1. The van der Waals surface area contributed by atoms with Gasteiger partial charge in [0.1, 0.15) is 12.3 Å². The number of carbonyl (C=O) groups is 1. The third-order valence-corrected chi connectivity index (χ3v) is 4.24. The Morgan fingerprint density at radius 3 is 2.63 bits per heavy atom. The van der Waals surface area contributed by atoms with Gasteiger partial charge in [0.05, 0.1) is 25.8 Å². The van der Waals surface area contributed by atoms with Gasteiger partial charge in [-0.1, -0.05) is 12.1 Å².